The molecule has 4 N–H and O–H groups in total. The lowest BCUT2D eigenvalue weighted by atomic mass is 9.59. The molecule has 0 bridgehead atoms. The third-order valence-corrected chi connectivity index (χ3v) is 9.55. The molecule has 2 aliphatic carbocycles. The quantitative estimate of drug-likeness (QED) is 0.386. The number of carbonyl (C=O) groups is 2. The van der Waals surface area contributed by atoms with Gasteiger partial charge in [0.15, 0.2) is 0 Å². The van der Waals surface area contributed by atoms with Crippen LogP contribution in [-0.2, 0) is 15.0 Å². The van der Waals surface area contributed by atoms with Crippen molar-refractivity contribution in [2.45, 2.75) is 95.1 Å². The zero-order valence-corrected chi connectivity index (χ0v) is 24.4. The highest BCUT2D eigenvalue weighted by Crippen LogP contribution is 2.57. The summed E-state index contributed by atoms with van der Waals surface area (Å²) in [5.41, 5.74) is -0.842. The molecule has 1 saturated heterocycles. The Balaban J connectivity index is 1.61. The number of aliphatic hydroxyl groups is 1. The molecule has 1 aromatic carbocycles. The molecule has 5 rings (SSSR count). The Bertz CT molecular complexity index is 1220. The summed E-state index contributed by atoms with van der Waals surface area (Å²) in [7, 11) is 0. The number of carbonyl (C=O) groups excluding carboxylic acids is 2. The molecule has 2 fully saturated rings. The Hall–Kier alpha value is -1.93. The molecule has 1 aromatic rings. The maximum Gasteiger partial charge on any atom is 0.237 e. The highest BCUT2D eigenvalue weighted by Gasteiger charge is 2.67. The van der Waals surface area contributed by atoms with E-state index < -0.39 is 41.1 Å². The van der Waals surface area contributed by atoms with Crippen molar-refractivity contribution < 1.29 is 19.1 Å². The molecule has 0 radical (unpaired) electrons. The average molecular weight is 579 g/mol. The van der Waals surface area contributed by atoms with Crippen molar-refractivity contribution in [2.24, 2.45) is 17.3 Å². The molecule has 1 spiro atoms. The fourth-order valence-corrected chi connectivity index (χ4v) is 7.57. The lowest BCUT2D eigenvalue weighted by Crippen LogP contribution is -2.54. The first-order valence-electron chi connectivity index (χ1n) is 13.8. The molecule has 2 aliphatic heterocycles. The topological polar surface area (TPSA) is 90.5 Å². The number of nitrogens with one attached hydrogen (secondary N) is 3. The Morgan fingerprint density at radius 3 is 2.59 bits per heavy atom. The van der Waals surface area contributed by atoms with Crippen LogP contribution in [0.15, 0.2) is 41.5 Å². The Morgan fingerprint density at radius 2 is 1.92 bits per heavy atom. The first-order valence-corrected chi connectivity index (χ1v) is 14.6. The van der Waals surface area contributed by atoms with Gasteiger partial charge in [0.2, 0.25) is 11.8 Å². The van der Waals surface area contributed by atoms with E-state index in [9.17, 15) is 14.7 Å². The van der Waals surface area contributed by atoms with Crippen LogP contribution in [0.5, 0.6) is 0 Å². The van der Waals surface area contributed by atoms with Gasteiger partial charge in [0.1, 0.15) is 6.17 Å². The fraction of sp³-hybridized carbons (Fsp3) is 0.600. The van der Waals surface area contributed by atoms with Crippen molar-refractivity contribution >= 4 is 40.7 Å². The first kappa shape index (κ1) is 28.6. The van der Waals surface area contributed by atoms with Gasteiger partial charge in [-0.3, -0.25) is 9.59 Å². The highest BCUT2D eigenvalue weighted by atomic mass is 35.5. The minimum Gasteiger partial charge on any atom is -0.390 e. The van der Waals surface area contributed by atoms with Crippen molar-refractivity contribution in [1.29, 1.82) is 0 Å². The highest BCUT2D eigenvalue weighted by molar-refractivity contribution is 6.31. The van der Waals surface area contributed by atoms with E-state index >= 15 is 4.39 Å². The second-order valence-electron chi connectivity index (χ2n) is 13.2. The molecular formula is C30H38Cl2FN3O3. The molecule has 9 heteroatoms. The summed E-state index contributed by atoms with van der Waals surface area (Å²) in [4.78, 5) is 28.2. The van der Waals surface area contributed by atoms with Crippen LogP contribution in [0.2, 0.25) is 5.02 Å². The van der Waals surface area contributed by atoms with Gasteiger partial charge in [0.05, 0.1) is 22.1 Å². The van der Waals surface area contributed by atoms with Crippen LogP contribution >= 0.6 is 23.2 Å². The van der Waals surface area contributed by atoms with Gasteiger partial charge in [-0.2, -0.15) is 0 Å². The van der Waals surface area contributed by atoms with Crippen LogP contribution in [0.3, 0.4) is 0 Å². The molecule has 1 saturated carbocycles. The predicted molar refractivity (Wildman–Crippen MR) is 153 cm³/mol. The number of amides is 2. The second kappa shape index (κ2) is 10.2. The first-order chi connectivity index (χ1) is 18.2. The van der Waals surface area contributed by atoms with Crippen LogP contribution < -0.4 is 16.0 Å². The Morgan fingerprint density at radius 1 is 1.23 bits per heavy atom. The molecule has 6 atom stereocenters. The molecule has 212 valence electrons. The molecule has 6 nitrogen and oxygen atoms in total. The van der Waals surface area contributed by atoms with Crippen LogP contribution in [-0.4, -0.2) is 46.8 Å². The molecule has 0 aromatic heterocycles. The summed E-state index contributed by atoms with van der Waals surface area (Å²) in [6, 6.07) is 3.90. The third kappa shape index (κ3) is 5.16. The van der Waals surface area contributed by atoms with E-state index in [0.717, 1.165) is 5.56 Å². The Labute approximate surface area is 239 Å². The molecular weight excluding hydrogens is 540 g/mol. The minimum absolute atomic E-state index is 0.0559. The summed E-state index contributed by atoms with van der Waals surface area (Å²) in [6.07, 6.45) is 6.47. The van der Waals surface area contributed by atoms with Gasteiger partial charge >= 0.3 is 0 Å². The van der Waals surface area contributed by atoms with Crippen LogP contribution in [0.25, 0.3) is 0 Å². The number of hydrogen-bond acceptors (Lipinski definition) is 4. The van der Waals surface area contributed by atoms with Crippen LogP contribution in [0.1, 0.15) is 65.4 Å². The zero-order chi connectivity index (χ0) is 28.3. The van der Waals surface area contributed by atoms with E-state index in [1.165, 1.54) is 6.08 Å². The molecule has 4 aliphatic rings. The maximum atomic E-state index is 16.0. The van der Waals surface area contributed by atoms with E-state index in [0.29, 0.717) is 42.8 Å². The van der Waals surface area contributed by atoms with Gasteiger partial charge in [0, 0.05) is 34.6 Å². The van der Waals surface area contributed by atoms with Crippen LogP contribution in [0.4, 0.5) is 10.1 Å². The number of fused-ring (bicyclic) bond motifs is 2. The van der Waals surface area contributed by atoms with E-state index in [1.54, 1.807) is 24.3 Å². The van der Waals surface area contributed by atoms with Gasteiger partial charge < -0.3 is 21.1 Å². The lowest BCUT2D eigenvalue weighted by molar-refractivity contribution is -0.127. The summed E-state index contributed by atoms with van der Waals surface area (Å²) < 4.78 is 16.0. The van der Waals surface area contributed by atoms with Gasteiger partial charge in [0.25, 0.3) is 0 Å². The zero-order valence-electron chi connectivity index (χ0n) is 22.9. The van der Waals surface area contributed by atoms with Gasteiger partial charge in [-0.25, -0.2) is 4.39 Å². The number of rotatable bonds is 4. The summed E-state index contributed by atoms with van der Waals surface area (Å²) in [5.74, 6) is -2.09. The van der Waals surface area contributed by atoms with Crippen molar-refractivity contribution in [3.05, 3.63) is 52.0 Å². The largest absolute Gasteiger partial charge is 0.390 e. The van der Waals surface area contributed by atoms with E-state index in [1.807, 2.05) is 13.0 Å². The number of allylic oxidation sites excluding steroid dienone is 4. The van der Waals surface area contributed by atoms with E-state index in [2.05, 4.69) is 36.7 Å². The predicted octanol–water partition coefficient (Wildman–Crippen LogP) is 5.38. The average Bonchev–Trinajstić information content (AvgIpc) is 3.31. The Kier molecular flexibility index (Phi) is 7.45. The summed E-state index contributed by atoms with van der Waals surface area (Å²) in [6.45, 7) is 8.09. The number of anilines is 1. The molecule has 2 heterocycles. The SMILES string of the molecule is CC(C)(C)CC1NC(C(=O)NC2CCC(C)(O)CC2)C(C2C=CC=C(Cl)C2F)C12C(=O)Nc1cc(Cl)ccc12. The number of hydrogen-bond donors (Lipinski definition) is 4. The monoisotopic (exact) mass is 577 g/mol. The van der Waals surface area contributed by atoms with Gasteiger partial charge in [-0.15, -0.1) is 0 Å². The van der Waals surface area contributed by atoms with Gasteiger partial charge in [-0.1, -0.05) is 62.2 Å². The third-order valence-electron chi connectivity index (χ3n) is 8.98. The molecule has 6 unspecified atom stereocenters. The van der Waals surface area contributed by atoms with Crippen molar-refractivity contribution in [3.8, 4) is 0 Å². The van der Waals surface area contributed by atoms with E-state index in [-0.39, 0.29) is 28.3 Å². The maximum absolute atomic E-state index is 16.0. The van der Waals surface area contributed by atoms with E-state index in [4.69, 9.17) is 23.2 Å². The smallest absolute Gasteiger partial charge is 0.237 e. The van der Waals surface area contributed by atoms with Crippen LogP contribution in [0, 0.1) is 17.3 Å². The normalized spacial score (nSPS) is 37.9. The van der Waals surface area contributed by atoms with Gasteiger partial charge in [-0.05, 0) is 68.2 Å². The standard InChI is InChI=1S/C30H38Cl2FN3O3/c1-28(2,3)15-22-30(19-9-8-16(31)14-21(19)35-27(30)38)23(18-6-5-7-20(32)24(18)33)25(36-22)26(37)34-17-10-12-29(4,39)13-11-17/h5-9,14,17-18,22-25,36,39H,10-13,15H2,1-4H3,(H,34,37)(H,35,38). The number of benzene rings is 1. The molecule has 39 heavy (non-hydrogen) atoms. The number of halogens is 3. The molecule has 2 amide bonds. The van der Waals surface area contributed by atoms with Crippen molar-refractivity contribution in [1.82, 2.24) is 10.6 Å². The minimum atomic E-state index is -1.56. The van der Waals surface area contributed by atoms with Crippen molar-refractivity contribution in [3.63, 3.8) is 0 Å². The summed E-state index contributed by atoms with van der Waals surface area (Å²) >= 11 is 12.6. The lowest BCUT2D eigenvalue weighted by Gasteiger charge is -2.41. The van der Waals surface area contributed by atoms with Crippen molar-refractivity contribution in [2.75, 3.05) is 5.32 Å². The number of alkyl halides is 1. The second-order valence-corrected chi connectivity index (χ2v) is 14.1. The summed E-state index contributed by atoms with van der Waals surface area (Å²) in [5, 5.41) is 20.6. The fourth-order valence-electron chi connectivity index (χ4n) is 7.18.